The Morgan fingerprint density at radius 2 is 1.36 bits per heavy atom. The van der Waals surface area contributed by atoms with Gasteiger partial charge in [0.2, 0.25) is 15.9 Å². The van der Waals surface area contributed by atoms with Gasteiger partial charge in [0.25, 0.3) is 0 Å². The number of carbonyl (C=O) groups is 3. The number of hydrogen-bond donors (Lipinski definition) is 2. The lowest BCUT2D eigenvalue weighted by molar-refractivity contribution is -0.116. The fourth-order valence-electron chi connectivity index (χ4n) is 3.35. The van der Waals surface area contributed by atoms with E-state index in [0.717, 1.165) is 11.1 Å². The Hall–Kier alpha value is -4.02. The van der Waals surface area contributed by atoms with Gasteiger partial charge in [0.1, 0.15) is 0 Å². The van der Waals surface area contributed by atoms with E-state index in [1.54, 1.807) is 12.1 Å². The lowest BCUT2D eigenvalue weighted by Gasteiger charge is -2.10. The second-order valence-corrected chi connectivity index (χ2v) is 9.55. The first-order valence-corrected chi connectivity index (χ1v) is 12.4. The van der Waals surface area contributed by atoms with Crippen LogP contribution in [0.15, 0.2) is 77.7 Å². The van der Waals surface area contributed by atoms with Gasteiger partial charge >= 0.3 is 11.9 Å². The van der Waals surface area contributed by atoms with Crippen molar-refractivity contribution in [3.8, 4) is 0 Å². The van der Waals surface area contributed by atoms with E-state index in [0.29, 0.717) is 6.42 Å². The molecule has 3 rings (SSSR count). The zero-order chi connectivity index (χ0) is 26.1. The van der Waals surface area contributed by atoms with Crippen LogP contribution >= 0.6 is 0 Å². The Labute approximate surface area is 209 Å². The molecule has 0 aliphatic rings. The second kappa shape index (κ2) is 12.1. The molecule has 0 radical (unpaired) electrons. The van der Waals surface area contributed by atoms with Crippen LogP contribution in [-0.4, -0.2) is 40.5 Å². The molecule has 0 aliphatic carbocycles. The number of esters is 2. The summed E-state index contributed by atoms with van der Waals surface area (Å²) in [6.07, 6.45) is 0.443. The van der Waals surface area contributed by atoms with Crippen LogP contribution in [0.1, 0.15) is 38.3 Å². The minimum absolute atomic E-state index is 0.0911. The van der Waals surface area contributed by atoms with Gasteiger partial charge in [0.05, 0.1) is 30.2 Å². The van der Waals surface area contributed by atoms with E-state index in [9.17, 15) is 22.8 Å². The van der Waals surface area contributed by atoms with Gasteiger partial charge in [0, 0.05) is 18.7 Å². The highest BCUT2D eigenvalue weighted by atomic mass is 32.2. The van der Waals surface area contributed by atoms with Gasteiger partial charge in [-0.15, -0.1) is 0 Å². The summed E-state index contributed by atoms with van der Waals surface area (Å²) in [7, 11) is -1.26. The largest absolute Gasteiger partial charge is 0.465 e. The molecule has 0 saturated heterocycles. The smallest absolute Gasteiger partial charge is 0.337 e. The van der Waals surface area contributed by atoms with E-state index in [4.69, 9.17) is 9.47 Å². The van der Waals surface area contributed by atoms with Gasteiger partial charge in [-0.1, -0.05) is 42.5 Å². The van der Waals surface area contributed by atoms with Crippen LogP contribution in [-0.2, 0) is 37.3 Å². The number of sulfonamides is 1. The molecule has 0 saturated carbocycles. The fourth-order valence-corrected chi connectivity index (χ4v) is 4.36. The Morgan fingerprint density at radius 1 is 0.778 bits per heavy atom. The molecule has 9 nitrogen and oxygen atoms in total. The van der Waals surface area contributed by atoms with Crippen molar-refractivity contribution in [3.63, 3.8) is 0 Å². The predicted octanol–water partition coefficient (Wildman–Crippen LogP) is 3.31. The molecular formula is C26H26N2O7S. The zero-order valence-corrected chi connectivity index (χ0v) is 20.6. The van der Waals surface area contributed by atoms with E-state index < -0.39 is 22.0 Å². The monoisotopic (exact) mass is 510 g/mol. The van der Waals surface area contributed by atoms with Crippen molar-refractivity contribution in [3.05, 3.63) is 95.1 Å². The molecular weight excluding hydrogens is 484 g/mol. The Kier molecular flexibility index (Phi) is 8.93. The summed E-state index contributed by atoms with van der Waals surface area (Å²) in [5.74, 6) is -1.68. The number of benzene rings is 3. The molecule has 0 aromatic heterocycles. The molecule has 0 fully saturated rings. The highest BCUT2D eigenvalue weighted by molar-refractivity contribution is 7.89. The van der Waals surface area contributed by atoms with Gasteiger partial charge in [-0.05, 0) is 47.9 Å². The third kappa shape index (κ3) is 7.24. The average Bonchev–Trinajstić information content (AvgIpc) is 2.90. The van der Waals surface area contributed by atoms with Crippen molar-refractivity contribution >= 4 is 33.6 Å². The standard InChI is InChI=1S/C26H26N2O7S/c1-34-25(30)20-14-21(26(31)35-2)16-22(15-20)28-24(29)13-10-18-8-11-23(12-9-18)36(32,33)27-17-19-6-4-3-5-7-19/h3-9,11-12,14-16,27H,10,13,17H2,1-2H3,(H,28,29). The van der Waals surface area contributed by atoms with E-state index in [1.165, 1.54) is 44.6 Å². The van der Waals surface area contributed by atoms with Crippen LogP contribution in [0.5, 0.6) is 0 Å². The van der Waals surface area contributed by atoms with Gasteiger partial charge < -0.3 is 14.8 Å². The van der Waals surface area contributed by atoms with Crippen molar-refractivity contribution in [1.29, 1.82) is 0 Å². The quantitative estimate of drug-likeness (QED) is 0.401. The number of carbonyl (C=O) groups excluding carboxylic acids is 3. The van der Waals surface area contributed by atoms with Crippen molar-refractivity contribution in [2.75, 3.05) is 19.5 Å². The summed E-state index contributed by atoms with van der Waals surface area (Å²) in [5.41, 5.74) is 2.04. The third-order valence-electron chi connectivity index (χ3n) is 5.24. The summed E-state index contributed by atoms with van der Waals surface area (Å²) < 4.78 is 37.0. The molecule has 36 heavy (non-hydrogen) atoms. The number of anilines is 1. The summed E-state index contributed by atoms with van der Waals surface area (Å²) in [5, 5.41) is 2.66. The lowest BCUT2D eigenvalue weighted by Crippen LogP contribution is -2.23. The van der Waals surface area contributed by atoms with E-state index >= 15 is 0 Å². The number of amides is 1. The number of nitrogens with one attached hydrogen (secondary N) is 2. The number of hydrogen-bond acceptors (Lipinski definition) is 7. The second-order valence-electron chi connectivity index (χ2n) is 7.78. The van der Waals surface area contributed by atoms with E-state index in [1.807, 2.05) is 30.3 Å². The van der Waals surface area contributed by atoms with E-state index in [-0.39, 0.29) is 40.6 Å². The fraction of sp³-hybridized carbons (Fsp3) is 0.192. The molecule has 2 N–H and O–H groups in total. The topological polar surface area (TPSA) is 128 Å². The Bertz CT molecular complexity index is 1300. The lowest BCUT2D eigenvalue weighted by atomic mass is 10.1. The molecule has 0 heterocycles. The summed E-state index contributed by atoms with van der Waals surface area (Å²) in [6, 6.07) is 19.6. The van der Waals surface area contributed by atoms with Crippen LogP contribution in [0.3, 0.4) is 0 Å². The number of rotatable bonds is 10. The molecule has 0 atom stereocenters. The number of ether oxygens (including phenoxy) is 2. The molecule has 0 unspecified atom stereocenters. The maximum atomic E-state index is 12.5. The van der Waals surface area contributed by atoms with Crippen LogP contribution in [0.25, 0.3) is 0 Å². The van der Waals surface area contributed by atoms with Crippen molar-refractivity contribution in [1.82, 2.24) is 4.72 Å². The Balaban J connectivity index is 1.60. The van der Waals surface area contributed by atoms with Crippen molar-refractivity contribution in [2.24, 2.45) is 0 Å². The maximum Gasteiger partial charge on any atom is 0.337 e. The molecule has 0 spiro atoms. The van der Waals surface area contributed by atoms with E-state index in [2.05, 4.69) is 10.0 Å². The van der Waals surface area contributed by atoms with Crippen LogP contribution in [0.4, 0.5) is 5.69 Å². The summed E-state index contributed by atoms with van der Waals surface area (Å²) in [6.45, 7) is 0.181. The van der Waals surface area contributed by atoms with Gasteiger partial charge in [-0.3, -0.25) is 4.79 Å². The minimum Gasteiger partial charge on any atom is -0.465 e. The first-order chi connectivity index (χ1) is 17.2. The summed E-state index contributed by atoms with van der Waals surface area (Å²) >= 11 is 0. The van der Waals surface area contributed by atoms with Gasteiger partial charge in [0.15, 0.2) is 0 Å². The third-order valence-corrected chi connectivity index (χ3v) is 6.66. The number of aryl methyl sites for hydroxylation is 1. The molecule has 188 valence electrons. The SMILES string of the molecule is COC(=O)c1cc(NC(=O)CCc2ccc(S(=O)(=O)NCc3ccccc3)cc2)cc(C(=O)OC)c1. The Morgan fingerprint density at radius 3 is 1.92 bits per heavy atom. The highest BCUT2D eigenvalue weighted by Crippen LogP contribution is 2.18. The van der Waals surface area contributed by atoms with Crippen LogP contribution < -0.4 is 10.0 Å². The minimum atomic E-state index is -3.68. The van der Waals surface area contributed by atoms with Crippen molar-refractivity contribution in [2.45, 2.75) is 24.3 Å². The molecule has 1 amide bonds. The normalized spacial score (nSPS) is 10.9. The highest BCUT2D eigenvalue weighted by Gasteiger charge is 2.16. The first kappa shape index (κ1) is 26.6. The number of methoxy groups -OCH3 is 2. The van der Waals surface area contributed by atoms with Crippen LogP contribution in [0, 0.1) is 0 Å². The molecule has 10 heteroatoms. The first-order valence-electron chi connectivity index (χ1n) is 11.0. The maximum absolute atomic E-state index is 12.5. The molecule has 3 aromatic carbocycles. The zero-order valence-electron chi connectivity index (χ0n) is 19.8. The average molecular weight is 511 g/mol. The van der Waals surface area contributed by atoms with Gasteiger partial charge in [-0.25, -0.2) is 22.7 Å². The van der Waals surface area contributed by atoms with Crippen LogP contribution in [0.2, 0.25) is 0 Å². The molecule has 0 aliphatic heterocycles. The van der Waals surface area contributed by atoms with Crippen molar-refractivity contribution < 1.29 is 32.3 Å². The molecule has 3 aromatic rings. The molecule has 0 bridgehead atoms. The summed E-state index contributed by atoms with van der Waals surface area (Å²) in [4.78, 5) is 36.4. The van der Waals surface area contributed by atoms with Gasteiger partial charge in [-0.2, -0.15) is 0 Å². The predicted molar refractivity (Wildman–Crippen MR) is 133 cm³/mol.